The SMILES string of the molecule is CN1CCn2c(nnc2[C@@H]2C[C@H](O)CN2C(=O)CC2CCCC2)C1. The molecule has 0 aromatic carbocycles. The van der Waals surface area contributed by atoms with Gasteiger partial charge in [-0.15, -0.1) is 10.2 Å². The molecule has 0 radical (unpaired) electrons. The van der Waals surface area contributed by atoms with Gasteiger partial charge in [-0.3, -0.25) is 9.69 Å². The molecule has 3 aliphatic rings. The van der Waals surface area contributed by atoms with Crippen molar-refractivity contribution in [2.75, 3.05) is 20.1 Å². The molecule has 7 heteroatoms. The molecule has 1 aromatic rings. The highest BCUT2D eigenvalue weighted by Gasteiger charge is 2.39. The van der Waals surface area contributed by atoms with Crippen LogP contribution in [-0.4, -0.2) is 61.8 Å². The fraction of sp³-hybridized carbons (Fsp3) is 0.824. The largest absolute Gasteiger partial charge is 0.391 e. The van der Waals surface area contributed by atoms with E-state index in [1.165, 1.54) is 25.7 Å². The van der Waals surface area contributed by atoms with Gasteiger partial charge in [0, 0.05) is 32.5 Å². The molecule has 1 saturated heterocycles. The third-order valence-corrected chi connectivity index (χ3v) is 5.81. The second-order valence-corrected chi connectivity index (χ2v) is 7.67. The minimum Gasteiger partial charge on any atom is -0.391 e. The Morgan fingerprint density at radius 1 is 1.25 bits per heavy atom. The molecule has 132 valence electrons. The Morgan fingerprint density at radius 3 is 2.83 bits per heavy atom. The number of hydrogen-bond acceptors (Lipinski definition) is 5. The standard InChI is InChI=1S/C17H27N5O2/c1-20-6-7-21-15(11-20)18-19-17(21)14-9-13(23)10-22(14)16(24)8-12-4-2-3-5-12/h12-14,23H,2-11H2,1H3/t13-,14-/m0/s1. The van der Waals surface area contributed by atoms with E-state index in [4.69, 9.17) is 0 Å². The number of amides is 1. The molecule has 7 nitrogen and oxygen atoms in total. The van der Waals surface area contributed by atoms with Gasteiger partial charge in [0.25, 0.3) is 0 Å². The third-order valence-electron chi connectivity index (χ3n) is 5.81. The first-order valence-electron chi connectivity index (χ1n) is 9.20. The predicted molar refractivity (Wildman–Crippen MR) is 88.0 cm³/mol. The minimum atomic E-state index is -0.457. The summed E-state index contributed by atoms with van der Waals surface area (Å²) in [5, 5.41) is 18.9. The average Bonchev–Trinajstić information content (AvgIpc) is 3.26. The number of likely N-dealkylation sites (N-methyl/N-ethyl adjacent to an activating group) is 1. The number of nitrogens with zero attached hydrogens (tertiary/aromatic N) is 5. The molecule has 2 atom stereocenters. The van der Waals surface area contributed by atoms with E-state index >= 15 is 0 Å². The first-order valence-corrected chi connectivity index (χ1v) is 9.20. The molecule has 1 N–H and O–H groups in total. The predicted octanol–water partition coefficient (Wildman–Crippen LogP) is 0.938. The number of aliphatic hydroxyl groups is 1. The summed E-state index contributed by atoms with van der Waals surface area (Å²) < 4.78 is 2.15. The summed E-state index contributed by atoms with van der Waals surface area (Å²) in [6, 6.07) is -0.126. The van der Waals surface area contributed by atoms with Gasteiger partial charge in [0.2, 0.25) is 5.91 Å². The van der Waals surface area contributed by atoms with Gasteiger partial charge in [0.1, 0.15) is 5.82 Å². The molecule has 3 heterocycles. The Kier molecular flexibility index (Phi) is 4.30. The molecule has 1 amide bonds. The molecule has 1 saturated carbocycles. The van der Waals surface area contributed by atoms with Gasteiger partial charge < -0.3 is 14.6 Å². The first kappa shape index (κ1) is 16.0. The average molecular weight is 333 g/mol. The van der Waals surface area contributed by atoms with Crippen molar-refractivity contribution >= 4 is 5.91 Å². The maximum absolute atomic E-state index is 12.8. The van der Waals surface area contributed by atoms with Gasteiger partial charge in [-0.2, -0.15) is 0 Å². The number of carbonyl (C=O) groups excluding carboxylic acids is 1. The van der Waals surface area contributed by atoms with Gasteiger partial charge in [0.15, 0.2) is 5.82 Å². The van der Waals surface area contributed by atoms with E-state index in [-0.39, 0.29) is 11.9 Å². The van der Waals surface area contributed by atoms with Crippen LogP contribution >= 0.6 is 0 Å². The summed E-state index contributed by atoms with van der Waals surface area (Å²) in [6.07, 6.45) is 5.56. The van der Waals surface area contributed by atoms with Crippen molar-refractivity contribution in [2.24, 2.45) is 5.92 Å². The molecule has 4 rings (SSSR count). The molecule has 24 heavy (non-hydrogen) atoms. The molecule has 2 fully saturated rings. The summed E-state index contributed by atoms with van der Waals surface area (Å²) in [4.78, 5) is 16.9. The van der Waals surface area contributed by atoms with Crippen molar-refractivity contribution in [1.29, 1.82) is 0 Å². The highest BCUT2D eigenvalue weighted by Crippen LogP contribution is 2.35. The smallest absolute Gasteiger partial charge is 0.223 e. The molecular formula is C17H27N5O2. The Labute approximate surface area is 142 Å². The molecule has 1 aromatic heterocycles. The lowest BCUT2D eigenvalue weighted by Crippen LogP contribution is -2.36. The van der Waals surface area contributed by atoms with Crippen LogP contribution in [0.4, 0.5) is 0 Å². The van der Waals surface area contributed by atoms with Crippen molar-refractivity contribution in [1.82, 2.24) is 24.6 Å². The summed E-state index contributed by atoms with van der Waals surface area (Å²) in [7, 11) is 2.08. The zero-order valence-corrected chi connectivity index (χ0v) is 14.4. The highest BCUT2D eigenvalue weighted by molar-refractivity contribution is 5.77. The van der Waals surface area contributed by atoms with E-state index in [0.29, 0.717) is 25.3 Å². The van der Waals surface area contributed by atoms with Gasteiger partial charge in [-0.05, 0) is 25.8 Å². The number of hydrogen-bond donors (Lipinski definition) is 1. The highest BCUT2D eigenvalue weighted by atomic mass is 16.3. The molecule has 1 aliphatic carbocycles. The first-order chi connectivity index (χ1) is 11.6. The van der Waals surface area contributed by atoms with Gasteiger partial charge in [0.05, 0.1) is 18.7 Å². The van der Waals surface area contributed by atoms with Crippen molar-refractivity contribution in [3.8, 4) is 0 Å². The molecule has 0 spiro atoms. The monoisotopic (exact) mass is 333 g/mol. The number of fused-ring (bicyclic) bond motifs is 1. The quantitative estimate of drug-likeness (QED) is 0.891. The number of aromatic nitrogens is 3. The van der Waals surface area contributed by atoms with Crippen LogP contribution in [0.15, 0.2) is 0 Å². The topological polar surface area (TPSA) is 74.5 Å². The number of aliphatic hydroxyl groups excluding tert-OH is 1. The Balaban J connectivity index is 1.53. The van der Waals surface area contributed by atoms with Crippen molar-refractivity contribution in [3.63, 3.8) is 0 Å². The second-order valence-electron chi connectivity index (χ2n) is 7.67. The van der Waals surface area contributed by atoms with Gasteiger partial charge in [-0.25, -0.2) is 0 Å². The maximum Gasteiger partial charge on any atom is 0.223 e. The zero-order valence-electron chi connectivity index (χ0n) is 14.4. The van der Waals surface area contributed by atoms with Crippen LogP contribution < -0.4 is 0 Å². The Morgan fingerprint density at radius 2 is 2.04 bits per heavy atom. The summed E-state index contributed by atoms with van der Waals surface area (Å²) in [6.45, 7) is 3.03. The lowest BCUT2D eigenvalue weighted by molar-refractivity contribution is -0.133. The number of β-amino-alcohol motifs (C(OH)–C–C–N with tert-alkyl or cyclic N) is 1. The van der Waals surface area contributed by atoms with Crippen LogP contribution in [0.2, 0.25) is 0 Å². The molecule has 0 bridgehead atoms. The molecular weight excluding hydrogens is 306 g/mol. The van der Waals surface area contributed by atoms with Crippen LogP contribution in [0.1, 0.15) is 56.2 Å². The Hall–Kier alpha value is -1.47. The van der Waals surface area contributed by atoms with E-state index in [2.05, 4.69) is 26.7 Å². The van der Waals surface area contributed by atoms with Crippen LogP contribution in [-0.2, 0) is 17.9 Å². The fourth-order valence-corrected chi connectivity index (χ4v) is 4.46. The maximum atomic E-state index is 12.8. The lowest BCUT2D eigenvalue weighted by atomic mass is 10.0. The van der Waals surface area contributed by atoms with Gasteiger partial charge >= 0.3 is 0 Å². The van der Waals surface area contributed by atoms with Crippen molar-refractivity contribution < 1.29 is 9.90 Å². The van der Waals surface area contributed by atoms with E-state index in [1.807, 2.05) is 4.90 Å². The molecule has 0 unspecified atom stereocenters. The Bertz CT molecular complexity index is 610. The number of rotatable bonds is 3. The fourth-order valence-electron chi connectivity index (χ4n) is 4.46. The van der Waals surface area contributed by atoms with Crippen LogP contribution in [0.5, 0.6) is 0 Å². The summed E-state index contributed by atoms with van der Waals surface area (Å²) >= 11 is 0. The van der Waals surface area contributed by atoms with Crippen molar-refractivity contribution in [3.05, 3.63) is 11.6 Å². The summed E-state index contributed by atoms with van der Waals surface area (Å²) in [5.41, 5.74) is 0. The number of likely N-dealkylation sites (tertiary alicyclic amines) is 1. The second kappa shape index (κ2) is 6.44. The van der Waals surface area contributed by atoms with E-state index in [1.54, 1.807) is 0 Å². The summed E-state index contributed by atoms with van der Waals surface area (Å²) in [5.74, 6) is 2.52. The van der Waals surface area contributed by atoms with E-state index in [9.17, 15) is 9.90 Å². The van der Waals surface area contributed by atoms with Crippen LogP contribution in [0, 0.1) is 5.92 Å². The number of carbonyl (C=O) groups is 1. The van der Waals surface area contributed by atoms with E-state index < -0.39 is 6.10 Å². The van der Waals surface area contributed by atoms with Crippen LogP contribution in [0.3, 0.4) is 0 Å². The van der Waals surface area contributed by atoms with Crippen LogP contribution in [0.25, 0.3) is 0 Å². The molecule has 2 aliphatic heterocycles. The zero-order chi connectivity index (χ0) is 16.7. The van der Waals surface area contributed by atoms with Gasteiger partial charge in [-0.1, -0.05) is 12.8 Å². The van der Waals surface area contributed by atoms with E-state index in [0.717, 1.165) is 31.3 Å². The normalized spacial score (nSPS) is 28.5. The lowest BCUT2D eigenvalue weighted by Gasteiger charge is -2.28. The third kappa shape index (κ3) is 2.95. The van der Waals surface area contributed by atoms with Crippen molar-refractivity contribution in [2.45, 2.75) is 63.8 Å². The minimum absolute atomic E-state index is 0.126.